The fraction of sp³-hybridized carbons (Fsp3) is 0.182. The number of rotatable bonds is 7. The number of para-hydroxylation sites is 1. The van der Waals surface area contributed by atoms with E-state index in [4.69, 9.17) is 16.5 Å². The first kappa shape index (κ1) is 26.0. The van der Waals surface area contributed by atoms with Crippen molar-refractivity contribution >= 4 is 65.3 Å². The van der Waals surface area contributed by atoms with Gasteiger partial charge >= 0.3 is 0 Å². The Bertz CT molecular complexity index is 1140. The van der Waals surface area contributed by atoms with Gasteiger partial charge in [-0.05, 0) is 48.8 Å². The third-order valence-corrected chi connectivity index (χ3v) is 5.71. The second-order valence-electron chi connectivity index (χ2n) is 6.57. The van der Waals surface area contributed by atoms with E-state index >= 15 is 0 Å². The van der Waals surface area contributed by atoms with E-state index in [1.807, 2.05) is 73.1 Å². The van der Waals surface area contributed by atoms with Crippen molar-refractivity contribution in [1.29, 1.82) is 0 Å². The SMILES string of the molecule is CNCCOc1ccc2c(c1)=C(N(C(=O)c1cccs1)c1ccccc1)N(Cl)CN=2.Cl.Cl. The van der Waals surface area contributed by atoms with Crippen molar-refractivity contribution in [3.8, 4) is 5.75 Å². The van der Waals surface area contributed by atoms with Gasteiger partial charge in [0.2, 0.25) is 0 Å². The highest BCUT2D eigenvalue weighted by Crippen LogP contribution is 2.27. The van der Waals surface area contributed by atoms with Crippen molar-refractivity contribution in [2.75, 3.05) is 31.8 Å². The molecule has 0 fully saturated rings. The first-order valence-electron chi connectivity index (χ1n) is 9.51. The number of carbonyl (C=O) groups is 1. The number of fused-ring (bicyclic) bond motifs is 1. The number of hydrogen-bond donors (Lipinski definition) is 1. The minimum atomic E-state index is -0.147. The Balaban J connectivity index is 0.00000181. The third kappa shape index (κ3) is 5.54. The van der Waals surface area contributed by atoms with E-state index in [1.54, 1.807) is 4.90 Å². The summed E-state index contributed by atoms with van der Waals surface area (Å²) < 4.78 is 7.30. The van der Waals surface area contributed by atoms with Gasteiger partial charge in [0.05, 0.1) is 15.9 Å². The minimum Gasteiger partial charge on any atom is -0.492 e. The molecule has 0 spiro atoms. The molecule has 32 heavy (non-hydrogen) atoms. The number of thiophene rings is 1. The summed E-state index contributed by atoms with van der Waals surface area (Å²) in [6.45, 7) is 1.50. The molecule has 0 unspecified atom stereocenters. The Morgan fingerprint density at radius 1 is 1.19 bits per heavy atom. The van der Waals surface area contributed by atoms with E-state index in [0.717, 1.165) is 22.8 Å². The molecule has 170 valence electrons. The third-order valence-electron chi connectivity index (χ3n) is 4.59. The van der Waals surface area contributed by atoms with Gasteiger partial charge in [0.15, 0.2) is 0 Å². The number of benzene rings is 2. The average Bonchev–Trinajstić information content (AvgIpc) is 3.31. The van der Waals surface area contributed by atoms with E-state index in [1.165, 1.54) is 15.8 Å². The first-order chi connectivity index (χ1) is 14.7. The molecule has 0 saturated heterocycles. The van der Waals surface area contributed by atoms with Crippen LogP contribution in [0.15, 0.2) is 71.0 Å². The Morgan fingerprint density at radius 3 is 2.66 bits per heavy atom. The number of carbonyl (C=O) groups excluding carboxylic acids is 1. The van der Waals surface area contributed by atoms with Crippen molar-refractivity contribution < 1.29 is 9.53 Å². The number of ether oxygens (including phenoxy) is 1. The summed E-state index contributed by atoms with van der Waals surface area (Å²) in [5, 5.41) is 6.45. The molecule has 10 heteroatoms. The highest BCUT2D eigenvalue weighted by Gasteiger charge is 2.28. The summed E-state index contributed by atoms with van der Waals surface area (Å²) in [5.74, 6) is 1.11. The van der Waals surface area contributed by atoms with Crippen LogP contribution in [-0.4, -0.2) is 37.2 Å². The van der Waals surface area contributed by atoms with Gasteiger partial charge in [-0.2, -0.15) is 0 Å². The Morgan fingerprint density at radius 2 is 1.97 bits per heavy atom. The largest absolute Gasteiger partial charge is 0.492 e. The van der Waals surface area contributed by atoms with E-state index < -0.39 is 0 Å². The predicted molar refractivity (Wildman–Crippen MR) is 135 cm³/mol. The van der Waals surface area contributed by atoms with Crippen molar-refractivity contribution in [3.63, 3.8) is 0 Å². The standard InChI is InChI=1S/C22H21ClN4O2S.2ClH/c1-24-11-12-29-17-9-10-19-18(14-17)21(26(23)15-25-19)27(16-6-3-2-4-7-16)22(28)20-8-5-13-30-20;;/h2-10,13-14,24H,11-12,15H2,1H3;2*1H. The average molecular weight is 514 g/mol. The molecular formula is C22H23Cl3N4O2S. The zero-order chi connectivity index (χ0) is 20.9. The number of likely N-dealkylation sites (N-methyl/N-ethyl adjacent to an activating group) is 1. The molecule has 0 radical (unpaired) electrons. The molecule has 4 rings (SSSR count). The van der Waals surface area contributed by atoms with E-state index in [9.17, 15) is 4.79 Å². The second-order valence-corrected chi connectivity index (χ2v) is 7.93. The molecule has 2 heterocycles. The smallest absolute Gasteiger partial charge is 0.274 e. The van der Waals surface area contributed by atoms with Gasteiger partial charge < -0.3 is 10.1 Å². The van der Waals surface area contributed by atoms with Crippen LogP contribution in [0.2, 0.25) is 0 Å². The second kappa shape index (κ2) is 12.1. The normalized spacial score (nSPS) is 12.1. The van der Waals surface area contributed by atoms with Crippen molar-refractivity contribution in [1.82, 2.24) is 9.74 Å². The molecule has 2 aromatic carbocycles. The van der Waals surface area contributed by atoms with Crippen LogP contribution < -0.4 is 25.5 Å². The summed E-state index contributed by atoms with van der Waals surface area (Å²) >= 11 is 8.00. The van der Waals surface area contributed by atoms with Gasteiger partial charge in [-0.15, -0.1) is 36.2 Å². The fourth-order valence-electron chi connectivity index (χ4n) is 3.18. The van der Waals surface area contributed by atoms with Crippen LogP contribution in [0.3, 0.4) is 0 Å². The van der Waals surface area contributed by atoms with E-state index in [-0.39, 0.29) is 37.4 Å². The van der Waals surface area contributed by atoms with Crippen molar-refractivity contribution in [2.45, 2.75) is 0 Å². The van der Waals surface area contributed by atoms with Gasteiger partial charge in [0.25, 0.3) is 5.91 Å². The van der Waals surface area contributed by atoms with Gasteiger partial charge in [0.1, 0.15) is 24.8 Å². The van der Waals surface area contributed by atoms with Crippen molar-refractivity contribution in [2.24, 2.45) is 4.99 Å². The Kier molecular flexibility index (Phi) is 9.81. The number of nitrogens with zero attached hydrogens (tertiary/aromatic N) is 3. The van der Waals surface area contributed by atoms with E-state index in [0.29, 0.717) is 23.1 Å². The molecule has 0 bridgehead atoms. The number of nitrogens with one attached hydrogen (secondary N) is 1. The zero-order valence-electron chi connectivity index (χ0n) is 17.2. The Labute approximate surface area is 208 Å². The quantitative estimate of drug-likeness (QED) is 0.387. The van der Waals surface area contributed by atoms with Gasteiger partial charge in [-0.1, -0.05) is 24.3 Å². The monoisotopic (exact) mass is 512 g/mol. The number of amides is 1. The molecule has 0 aliphatic carbocycles. The molecule has 0 atom stereocenters. The van der Waals surface area contributed by atoms with Crippen LogP contribution in [0.4, 0.5) is 5.69 Å². The van der Waals surface area contributed by atoms with Crippen LogP contribution in [-0.2, 0) is 0 Å². The summed E-state index contributed by atoms with van der Waals surface area (Å²) in [5.41, 5.74) is 0.728. The highest BCUT2D eigenvalue weighted by molar-refractivity contribution is 7.12. The molecule has 1 aliphatic rings. The van der Waals surface area contributed by atoms with Gasteiger partial charge in [0, 0.05) is 23.5 Å². The first-order valence-corrected chi connectivity index (χ1v) is 10.7. The van der Waals surface area contributed by atoms with Crippen LogP contribution in [0.1, 0.15) is 9.67 Å². The predicted octanol–water partition coefficient (Wildman–Crippen LogP) is 3.65. The fourth-order valence-corrected chi connectivity index (χ4v) is 4.05. The molecule has 0 saturated carbocycles. The maximum absolute atomic E-state index is 13.5. The molecule has 3 aromatic rings. The van der Waals surface area contributed by atoms with Crippen LogP contribution in [0, 0.1) is 0 Å². The molecule has 1 aliphatic heterocycles. The number of anilines is 1. The van der Waals surface area contributed by atoms with Crippen molar-refractivity contribution in [3.05, 3.63) is 81.5 Å². The van der Waals surface area contributed by atoms with Gasteiger partial charge in [-0.25, -0.2) is 4.42 Å². The topological polar surface area (TPSA) is 57.2 Å². The number of hydrogen-bond acceptors (Lipinski definition) is 6. The molecule has 6 nitrogen and oxygen atoms in total. The summed E-state index contributed by atoms with van der Waals surface area (Å²) in [6.07, 6.45) is 0. The Hall–Kier alpha value is -2.29. The number of halogens is 3. The molecular weight excluding hydrogens is 491 g/mol. The lowest BCUT2D eigenvalue weighted by Gasteiger charge is -2.31. The molecule has 1 amide bonds. The van der Waals surface area contributed by atoms with Gasteiger partial charge in [-0.3, -0.25) is 14.7 Å². The maximum atomic E-state index is 13.5. The lowest BCUT2D eigenvalue weighted by Crippen LogP contribution is -2.46. The van der Waals surface area contributed by atoms with Crippen LogP contribution in [0.5, 0.6) is 5.75 Å². The maximum Gasteiger partial charge on any atom is 0.274 e. The van der Waals surface area contributed by atoms with Crippen LogP contribution in [0.25, 0.3) is 5.82 Å². The molecule has 1 N–H and O–H groups in total. The lowest BCUT2D eigenvalue weighted by molar-refractivity contribution is 0.100. The highest BCUT2D eigenvalue weighted by atomic mass is 35.5. The summed E-state index contributed by atoms with van der Waals surface area (Å²) in [7, 11) is 1.88. The van der Waals surface area contributed by atoms with E-state index in [2.05, 4.69) is 10.3 Å². The summed E-state index contributed by atoms with van der Waals surface area (Å²) in [6, 6.07) is 18.8. The summed E-state index contributed by atoms with van der Waals surface area (Å²) in [4.78, 5) is 20.3. The lowest BCUT2D eigenvalue weighted by atomic mass is 10.2. The van der Waals surface area contributed by atoms with Crippen LogP contribution >= 0.6 is 47.9 Å². The minimum absolute atomic E-state index is 0. The molecule has 1 aromatic heterocycles. The zero-order valence-corrected chi connectivity index (χ0v) is 20.4.